The van der Waals surface area contributed by atoms with Gasteiger partial charge in [-0.1, -0.05) is 40.9 Å². The second kappa shape index (κ2) is 10.3. The molecule has 0 radical (unpaired) electrons. The van der Waals surface area contributed by atoms with Gasteiger partial charge in [0, 0.05) is 18.6 Å². The fourth-order valence-corrected chi connectivity index (χ4v) is 3.56. The molecule has 1 unspecified atom stereocenters. The molecule has 1 N–H and O–H groups in total. The molecule has 0 saturated heterocycles. The molecule has 2 aromatic carbocycles. The summed E-state index contributed by atoms with van der Waals surface area (Å²) < 4.78 is 6.23. The quantitative estimate of drug-likeness (QED) is 0.576. The van der Waals surface area contributed by atoms with Crippen LogP contribution < -0.4 is 10.1 Å². The van der Waals surface area contributed by atoms with Gasteiger partial charge in [-0.2, -0.15) is 0 Å². The van der Waals surface area contributed by atoms with E-state index in [9.17, 15) is 9.59 Å². The van der Waals surface area contributed by atoms with Crippen LogP contribution in [0, 0.1) is 0 Å². The summed E-state index contributed by atoms with van der Waals surface area (Å²) in [6.07, 6.45) is 0. The lowest BCUT2D eigenvalue weighted by Gasteiger charge is -2.28. The lowest BCUT2D eigenvalue weighted by atomic mass is 10.1. The van der Waals surface area contributed by atoms with Crippen molar-refractivity contribution in [3.05, 3.63) is 61.5 Å². The SMILES string of the molecule is CNC(=O)C(C)N(Cc1ccc(Cl)c(Cl)c1)C(=O)COc1ccc(Cl)cc1Br. The molecule has 2 rings (SSSR count). The van der Waals surface area contributed by atoms with Crippen LogP contribution in [-0.4, -0.2) is 36.4 Å². The fraction of sp³-hybridized carbons (Fsp3) is 0.263. The van der Waals surface area contributed by atoms with Gasteiger partial charge in [0.05, 0.1) is 14.5 Å². The molecule has 0 bridgehead atoms. The highest BCUT2D eigenvalue weighted by atomic mass is 79.9. The van der Waals surface area contributed by atoms with Crippen molar-refractivity contribution in [2.75, 3.05) is 13.7 Å². The van der Waals surface area contributed by atoms with Crippen LogP contribution in [0.4, 0.5) is 0 Å². The monoisotopic (exact) mass is 506 g/mol. The largest absolute Gasteiger partial charge is 0.483 e. The normalized spacial score (nSPS) is 11.6. The molecule has 0 aliphatic heterocycles. The van der Waals surface area contributed by atoms with Crippen LogP contribution in [0.3, 0.4) is 0 Å². The van der Waals surface area contributed by atoms with Gasteiger partial charge in [0.25, 0.3) is 5.91 Å². The minimum Gasteiger partial charge on any atom is -0.483 e. The first kappa shape index (κ1) is 22.8. The van der Waals surface area contributed by atoms with E-state index in [2.05, 4.69) is 21.2 Å². The molecule has 5 nitrogen and oxygen atoms in total. The number of benzene rings is 2. The summed E-state index contributed by atoms with van der Waals surface area (Å²) in [6.45, 7) is 1.57. The van der Waals surface area contributed by atoms with E-state index in [1.165, 1.54) is 11.9 Å². The Morgan fingerprint density at radius 3 is 2.46 bits per heavy atom. The maximum absolute atomic E-state index is 12.8. The summed E-state index contributed by atoms with van der Waals surface area (Å²) in [5.74, 6) is -0.176. The number of nitrogens with zero attached hydrogens (tertiary/aromatic N) is 1. The molecule has 0 heterocycles. The minimum atomic E-state index is -0.704. The number of amides is 2. The molecule has 0 saturated carbocycles. The molecular formula is C19H18BrCl3N2O3. The van der Waals surface area contributed by atoms with Crippen LogP contribution in [0.5, 0.6) is 5.75 Å². The first-order chi connectivity index (χ1) is 13.2. The van der Waals surface area contributed by atoms with Gasteiger partial charge in [-0.25, -0.2) is 0 Å². The second-order valence-corrected chi connectivity index (χ2v) is 8.03. The smallest absolute Gasteiger partial charge is 0.261 e. The van der Waals surface area contributed by atoms with Crippen LogP contribution in [0.1, 0.15) is 12.5 Å². The Morgan fingerprint density at radius 2 is 1.86 bits per heavy atom. The molecule has 150 valence electrons. The molecule has 2 amide bonds. The van der Waals surface area contributed by atoms with Crippen LogP contribution in [0.25, 0.3) is 0 Å². The Morgan fingerprint density at radius 1 is 1.14 bits per heavy atom. The van der Waals surface area contributed by atoms with Crippen molar-refractivity contribution in [3.63, 3.8) is 0 Å². The summed E-state index contributed by atoms with van der Waals surface area (Å²) in [7, 11) is 1.52. The minimum absolute atomic E-state index is 0.176. The maximum atomic E-state index is 12.8. The standard InChI is InChI=1S/C19H18BrCl3N2O3/c1-11(19(27)24-2)25(9-12-3-5-15(22)16(23)7-12)18(26)10-28-17-6-4-13(21)8-14(17)20/h3-8,11H,9-10H2,1-2H3,(H,24,27). The average Bonchev–Trinajstić information content (AvgIpc) is 2.66. The van der Waals surface area contributed by atoms with Crippen molar-refractivity contribution in [1.29, 1.82) is 0 Å². The highest BCUT2D eigenvalue weighted by Gasteiger charge is 2.26. The summed E-state index contributed by atoms with van der Waals surface area (Å²) in [5, 5.41) is 3.89. The van der Waals surface area contributed by atoms with Crippen molar-refractivity contribution >= 4 is 62.5 Å². The van der Waals surface area contributed by atoms with E-state index in [1.807, 2.05) is 0 Å². The molecule has 0 aliphatic carbocycles. The zero-order valence-electron chi connectivity index (χ0n) is 15.1. The van der Waals surface area contributed by atoms with Crippen molar-refractivity contribution in [3.8, 4) is 5.75 Å². The van der Waals surface area contributed by atoms with E-state index >= 15 is 0 Å². The fourth-order valence-electron chi connectivity index (χ4n) is 2.44. The van der Waals surface area contributed by atoms with Crippen molar-refractivity contribution in [2.24, 2.45) is 0 Å². The van der Waals surface area contributed by atoms with E-state index in [1.54, 1.807) is 43.3 Å². The number of hydrogen-bond donors (Lipinski definition) is 1. The zero-order valence-corrected chi connectivity index (χ0v) is 19.0. The molecule has 1 atom stereocenters. The van der Waals surface area contributed by atoms with Crippen molar-refractivity contribution < 1.29 is 14.3 Å². The van der Waals surface area contributed by atoms with Gasteiger partial charge in [-0.15, -0.1) is 0 Å². The Hall–Kier alpha value is -1.47. The van der Waals surface area contributed by atoms with E-state index in [0.717, 1.165) is 5.56 Å². The number of halogens is 4. The molecule has 0 aromatic heterocycles. The maximum Gasteiger partial charge on any atom is 0.261 e. The van der Waals surface area contributed by atoms with Gasteiger partial charge in [0.2, 0.25) is 5.91 Å². The van der Waals surface area contributed by atoms with Crippen LogP contribution in [-0.2, 0) is 16.1 Å². The van der Waals surface area contributed by atoms with E-state index in [-0.39, 0.29) is 25.0 Å². The van der Waals surface area contributed by atoms with Gasteiger partial charge >= 0.3 is 0 Å². The predicted molar refractivity (Wildman–Crippen MR) is 115 cm³/mol. The lowest BCUT2D eigenvalue weighted by molar-refractivity contribution is -0.142. The highest BCUT2D eigenvalue weighted by molar-refractivity contribution is 9.10. The number of likely N-dealkylation sites (N-methyl/N-ethyl adjacent to an activating group) is 1. The third-order valence-corrected chi connectivity index (χ3v) is 5.59. The number of nitrogens with one attached hydrogen (secondary N) is 1. The number of hydrogen-bond acceptors (Lipinski definition) is 3. The van der Waals surface area contributed by atoms with Crippen LogP contribution in [0.15, 0.2) is 40.9 Å². The van der Waals surface area contributed by atoms with Gasteiger partial charge < -0.3 is 15.0 Å². The van der Waals surface area contributed by atoms with E-state index < -0.39 is 6.04 Å². The summed E-state index contributed by atoms with van der Waals surface area (Å²) in [5.41, 5.74) is 0.742. The van der Waals surface area contributed by atoms with Gasteiger partial charge in [0.15, 0.2) is 6.61 Å². The molecule has 28 heavy (non-hydrogen) atoms. The Balaban J connectivity index is 2.18. The predicted octanol–water partition coefficient (Wildman–Crippen LogP) is 4.95. The van der Waals surface area contributed by atoms with Crippen molar-refractivity contribution in [1.82, 2.24) is 10.2 Å². The zero-order chi connectivity index (χ0) is 20.8. The molecule has 0 fully saturated rings. The molecule has 2 aromatic rings. The Labute approximate surface area is 187 Å². The topological polar surface area (TPSA) is 58.6 Å². The number of ether oxygens (including phenoxy) is 1. The van der Waals surface area contributed by atoms with Crippen LogP contribution >= 0.6 is 50.7 Å². The van der Waals surface area contributed by atoms with E-state index in [0.29, 0.717) is 25.3 Å². The summed E-state index contributed by atoms with van der Waals surface area (Å²) >= 11 is 21.3. The number of carbonyl (C=O) groups excluding carboxylic acids is 2. The second-order valence-electron chi connectivity index (χ2n) is 5.92. The number of rotatable bonds is 7. The molecule has 9 heteroatoms. The van der Waals surface area contributed by atoms with E-state index in [4.69, 9.17) is 39.5 Å². The summed E-state index contributed by atoms with van der Waals surface area (Å²) in [6, 6.07) is 9.34. The summed E-state index contributed by atoms with van der Waals surface area (Å²) in [4.78, 5) is 26.4. The lowest BCUT2D eigenvalue weighted by Crippen LogP contribution is -2.48. The Kier molecular flexibility index (Phi) is 8.43. The Bertz CT molecular complexity index is 879. The first-order valence-corrected chi connectivity index (χ1v) is 10.2. The third-order valence-electron chi connectivity index (χ3n) is 4.00. The molecular weight excluding hydrogens is 490 g/mol. The number of carbonyl (C=O) groups is 2. The first-order valence-electron chi connectivity index (χ1n) is 8.25. The van der Waals surface area contributed by atoms with Gasteiger partial charge in [0.1, 0.15) is 11.8 Å². The average molecular weight is 509 g/mol. The highest BCUT2D eigenvalue weighted by Crippen LogP contribution is 2.28. The molecule has 0 aliphatic rings. The van der Waals surface area contributed by atoms with Gasteiger partial charge in [-0.05, 0) is 58.7 Å². The molecule has 0 spiro atoms. The van der Waals surface area contributed by atoms with Crippen LogP contribution in [0.2, 0.25) is 15.1 Å². The van der Waals surface area contributed by atoms with Gasteiger partial charge in [-0.3, -0.25) is 9.59 Å². The third kappa shape index (κ3) is 6.01. The van der Waals surface area contributed by atoms with Crippen molar-refractivity contribution in [2.45, 2.75) is 19.5 Å².